The first-order chi connectivity index (χ1) is 17.8. The summed E-state index contributed by atoms with van der Waals surface area (Å²) in [6, 6.07) is 11.1. The number of fused-ring (bicyclic) bond motifs is 2. The first kappa shape index (κ1) is 27.3. The second kappa shape index (κ2) is 10.0. The smallest absolute Gasteiger partial charge is 0.209 e. The van der Waals surface area contributed by atoms with Gasteiger partial charge in [-0.3, -0.25) is 0 Å². The van der Waals surface area contributed by atoms with Crippen LogP contribution in [0, 0.1) is 5.92 Å². The summed E-state index contributed by atoms with van der Waals surface area (Å²) in [5.41, 5.74) is 3.65. The third kappa shape index (κ3) is 5.54. The summed E-state index contributed by atoms with van der Waals surface area (Å²) in [6.45, 7) is 11.2. The number of rotatable bonds is 8. The fourth-order valence-electron chi connectivity index (χ4n) is 5.86. The molecule has 1 fully saturated rings. The lowest BCUT2D eigenvalue weighted by atomic mass is 10.0. The Kier molecular flexibility index (Phi) is 7.21. The molecule has 206 valence electrons. The summed E-state index contributed by atoms with van der Waals surface area (Å²) >= 11 is 0. The number of nitrogens with two attached hydrogens (primary N) is 1. The van der Waals surface area contributed by atoms with Crippen molar-refractivity contribution < 1.29 is 12.8 Å². The molecule has 0 saturated heterocycles. The zero-order valence-corrected chi connectivity index (χ0v) is 25.0. The van der Waals surface area contributed by atoms with Crippen LogP contribution in [-0.4, -0.2) is 43.1 Å². The number of sulfonamides is 1. The molecule has 3 aromatic rings. The van der Waals surface area contributed by atoms with Crippen LogP contribution in [-0.2, 0) is 20.9 Å². The standard InChI is InChI=1S/C28H41N5O3SSi/c1-28(2,3)38(4,5)36-25-17-21(16-20(25)13-15-37(29,34)35)33-14-12-23-26(30-18-31-27(23)33)32-24-11-10-19-8-6-7-9-22(19)24/h6-9,12,14,18,20-21,24-25H,10-11,13,15-17H2,1-5H3,(H2,29,34,35)(H,30,31,32)/t20-,21-,24+,25+/m1/s1. The molecule has 2 aromatic heterocycles. The van der Waals surface area contributed by atoms with Crippen molar-refractivity contribution in [1.82, 2.24) is 14.5 Å². The largest absolute Gasteiger partial charge is 0.414 e. The zero-order chi connectivity index (χ0) is 27.3. The van der Waals surface area contributed by atoms with Crippen LogP contribution in [0.3, 0.4) is 0 Å². The maximum Gasteiger partial charge on any atom is 0.209 e. The Morgan fingerprint density at radius 3 is 2.66 bits per heavy atom. The molecular formula is C28H41N5O3SSi. The van der Waals surface area contributed by atoms with Crippen molar-refractivity contribution >= 4 is 35.2 Å². The van der Waals surface area contributed by atoms with Gasteiger partial charge in [-0.25, -0.2) is 23.5 Å². The number of anilines is 1. The minimum atomic E-state index is -3.53. The van der Waals surface area contributed by atoms with Gasteiger partial charge in [-0.15, -0.1) is 0 Å². The predicted molar refractivity (Wildman–Crippen MR) is 155 cm³/mol. The Morgan fingerprint density at radius 1 is 1.16 bits per heavy atom. The molecule has 0 spiro atoms. The highest BCUT2D eigenvalue weighted by atomic mass is 32.2. The third-order valence-corrected chi connectivity index (χ3v) is 14.3. The molecule has 2 heterocycles. The van der Waals surface area contributed by atoms with E-state index in [2.05, 4.69) is 90.2 Å². The van der Waals surface area contributed by atoms with Crippen LogP contribution in [0.4, 0.5) is 5.82 Å². The highest BCUT2D eigenvalue weighted by Crippen LogP contribution is 2.45. The monoisotopic (exact) mass is 555 g/mol. The number of nitrogens with zero attached hydrogens (tertiary/aromatic N) is 3. The molecule has 4 atom stereocenters. The second-order valence-corrected chi connectivity index (χ2v) is 19.1. The Hall–Kier alpha value is -2.27. The van der Waals surface area contributed by atoms with E-state index in [9.17, 15) is 8.42 Å². The van der Waals surface area contributed by atoms with E-state index in [1.165, 1.54) is 11.1 Å². The lowest BCUT2D eigenvalue weighted by Gasteiger charge is -2.40. The van der Waals surface area contributed by atoms with E-state index >= 15 is 0 Å². The molecule has 38 heavy (non-hydrogen) atoms. The molecule has 1 aromatic carbocycles. The third-order valence-electron chi connectivity index (χ3n) is 8.98. The van der Waals surface area contributed by atoms with Crippen LogP contribution >= 0.6 is 0 Å². The summed E-state index contributed by atoms with van der Waals surface area (Å²) in [4.78, 5) is 9.29. The lowest BCUT2D eigenvalue weighted by molar-refractivity contribution is 0.137. The van der Waals surface area contributed by atoms with E-state index in [4.69, 9.17) is 9.56 Å². The van der Waals surface area contributed by atoms with Gasteiger partial charge in [0.15, 0.2) is 8.32 Å². The number of hydrogen-bond acceptors (Lipinski definition) is 6. The van der Waals surface area contributed by atoms with Crippen LogP contribution in [0.5, 0.6) is 0 Å². The minimum Gasteiger partial charge on any atom is -0.414 e. The minimum absolute atomic E-state index is 0.00508. The average molecular weight is 556 g/mol. The highest BCUT2D eigenvalue weighted by Gasteiger charge is 2.44. The number of primary sulfonamides is 1. The van der Waals surface area contributed by atoms with Crippen LogP contribution < -0.4 is 10.5 Å². The van der Waals surface area contributed by atoms with E-state index in [1.807, 2.05) is 0 Å². The Morgan fingerprint density at radius 2 is 1.92 bits per heavy atom. The first-order valence-corrected chi connectivity index (χ1v) is 18.3. The quantitative estimate of drug-likeness (QED) is 0.353. The molecule has 0 radical (unpaired) electrons. The van der Waals surface area contributed by atoms with Crippen LogP contribution in [0.25, 0.3) is 11.0 Å². The molecule has 3 N–H and O–H groups in total. The van der Waals surface area contributed by atoms with Crippen molar-refractivity contribution in [3.63, 3.8) is 0 Å². The molecule has 0 amide bonds. The summed E-state index contributed by atoms with van der Waals surface area (Å²) < 4.78 is 32.7. The van der Waals surface area contributed by atoms with Crippen LogP contribution in [0.15, 0.2) is 42.9 Å². The molecule has 1 saturated carbocycles. The van der Waals surface area contributed by atoms with Crippen molar-refractivity contribution in [3.8, 4) is 0 Å². The van der Waals surface area contributed by atoms with Crippen LogP contribution in [0.1, 0.15) is 69.7 Å². The summed E-state index contributed by atoms with van der Waals surface area (Å²) in [5.74, 6) is 0.959. The van der Waals surface area contributed by atoms with Gasteiger partial charge in [-0.05, 0) is 73.3 Å². The van der Waals surface area contributed by atoms with Gasteiger partial charge in [-0.1, -0.05) is 45.0 Å². The maximum absolute atomic E-state index is 11.8. The van der Waals surface area contributed by atoms with E-state index in [1.54, 1.807) is 6.33 Å². The SMILES string of the molecule is CC(C)(C)[Si](C)(C)O[C@H]1C[C@H](n2ccc3c(N[C@H]4CCc5ccccc54)ncnc32)C[C@H]1CCS(N)(=O)=O. The molecule has 2 aliphatic carbocycles. The van der Waals surface area contributed by atoms with Gasteiger partial charge in [0.1, 0.15) is 17.8 Å². The van der Waals surface area contributed by atoms with E-state index in [0.717, 1.165) is 42.5 Å². The molecule has 0 unspecified atom stereocenters. The van der Waals surface area contributed by atoms with Gasteiger partial charge < -0.3 is 14.3 Å². The van der Waals surface area contributed by atoms with Crippen molar-refractivity contribution in [1.29, 1.82) is 0 Å². The molecular weight excluding hydrogens is 514 g/mol. The van der Waals surface area contributed by atoms with Crippen molar-refractivity contribution in [3.05, 3.63) is 54.0 Å². The average Bonchev–Trinajstić information content (AvgIpc) is 3.54. The Labute approximate surface area is 227 Å². The van der Waals surface area contributed by atoms with Crippen molar-refractivity contribution in [2.24, 2.45) is 11.1 Å². The number of nitrogens with one attached hydrogen (secondary N) is 1. The predicted octanol–water partition coefficient (Wildman–Crippen LogP) is 5.55. The number of aromatic nitrogens is 3. The molecule has 2 aliphatic rings. The maximum atomic E-state index is 11.8. The summed E-state index contributed by atoms with van der Waals surface area (Å²) in [7, 11) is -5.57. The van der Waals surface area contributed by atoms with Crippen LogP contribution in [0.2, 0.25) is 18.1 Å². The van der Waals surface area contributed by atoms with Gasteiger partial charge in [-0.2, -0.15) is 0 Å². The van der Waals surface area contributed by atoms with E-state index in [-0.39, 0.29) is 34.9 Å². The van der Waals surface area contributed by atoms with E-state index < -0.39 is 18.3 Å². The first-order valence-electron chi connectivity index (χ1n) is 13.7. The van der Waals surface area contributed by atoms with Crippen molar-refractivity contribution in [2.45, 2.75) is 89.2 Å². The molecule has 0 aliphatic heterocycles. The Bertz CT molecular complexity index is 1420. The van der Waals surface area contributed by atoms with Gasteiger partial charge >= 0.3 is 0 Å². The molecule has 10 heteroatoms. The number of hydrogen-bond donors (Lipinski definition) is 2. The topological polar surface area (TPSA) is 112 Å². The second-order valence-electron chi connectivity index (χ2n) is 12.6. The van der Waals surface area contributed by atoms with Crippen molar-refractivity contribution in [2.75, 3.05) is 11.1 Å². The highest BCUT2D eigenvalue weighted by molar-refractivity contribution is 7.89. The van der Waals surface area contributed by atoms with Gasteiger partial charge in [0, 0.05) is 18.3 Å². The van der Waals surface area contributed by atoms with Gasteiger partial charge in [0.05, 0.1) is 17.2 Å². The fourth-order valence-corrected chi connectivity index (χ4v) is 7.89. The van der Waals surface area contributed by atoms with Gasteiger partial charge in [0.2, 0.25) is 10.0 Å². The molecule has 8 nitrogen and oxygen atoms in total. The normalized spacial score (nSPS) is 24.2. The Balaban J connectivity index is 1.40. The molecule has 0 bridgehead atoms. The molecule has 5 rings (SSSR count). The van der Waals surface area contributed by atoms with E-state index in [0.29, 0.717) is 6.42 Å². The number of aryl methyl sites for hydroxylation is 1. The lowest BCUT2D eigenvalue weighted by Crippen LogP contribution is -2.45. The number of benzene rings is 1. The zero-order valence-electron chi connectivity index (χ0n) is 23.1. The summed E-state index contributed by atoms with van der Waals surface area (Å²) in [5, 5.41) is 10.1. The van der Waals surface area contributed by atoms with Gasteiger partial charge in [0.25, 0.3) is 0 Å². The summed E-state index contributed by atoms with van der Waals surface area (Å²) in [6.07, 6.45) is 8.02. The fraction of sp³-hybridized carbons (Fsp3) is 0.571.